The van der Waals surface area contributed by atoms with Gasteiger partial charge in [0.15, 0.2) is 0 Å². The van der Waals surface area contributed by atoms with Crippen LogP contribution in [0.15, 0.2) is 53.4 Å². The number of likely N-dealkylation sites (N-methyl/N-ethyl adjacent to an activating group) is 1. The molecule has 0 spiro atoms. The zero-order valence-electron chi connectivity index (χ0n) is 15.7. The highest BCUT2D eigenvalue weighted by Gasteiger charge is 2.29. The zero-order chi connectivity index (χ0) is 21.0. The molecule has 2 aromatic rings. The second-order valence-corrected chi connectivity index (χ2v) is 8.58. The topological polar surface area (TPSA) is 90.5 Å². The summed E-state index contributed by atoms with van der Waals surface area (Å²) in [6, 6.07) is 10.4. The van der Waals surface area contributed by atoms with E-state index in [0.29, 0.717) is 6.42 Å². The van der Waals surface area contributed by atoms with E-state index in [2.05, 4.69) is 16.2 Å². The van der Waals surface area contributed by atoms with Gasteiger partial charge < -0.3 is 5.32 Å². The molecule has 3 N–H and O–H groups in total. The summed E-state index contributed by atoms with van der Waals surface area (Å²) in [4.78, 5) is 12.3. The van der Waals surface area contributed by atoms with Crippen LogP contribution in [0.4, 0.5) is 8.78 Å². The standard InChI is InChI=1S/C19H22F2N4O3S/c1-2-25(29(27,28)16-8-6-14(20)7-9-16)12-19(26)22-18-11-17(23-24-18)13-4-3-5-15(21)10-13/h3-10,17-18,23-24H,2,11-12H2,1H3,(H,22,26). The molecule has 3 rings (SSSR count). The van der Waals surface area contributed by atoms with Gasteiger partial charge in [0.25, 0.3) is 0 Å². The van der Waals surface area contributed by atoms with Gasteiger partial charge in [0.2, 0.25) is 15.9 Å². The van der Waals surface area contributed by atoms with Crippen molar-refractivity contribution >= 4 is 15.9 Å². The summed E-state index contributed by atoms with van der Waals surface area (Å²) in [6.07, 6.45) is 0.0226. The quantitative estimate of drug-likeness (QED) is 0.629. The molecule has 2 atom stereocenters. The average molecular weight is 424 g/mol. The minimum atomic E-state index is -3.93. The highest BCUT2D eigenvalue weighted by Crippen LogP contribution is 2.22. The number of nitrogens with one attached hydrogen (secondary N) is 3. The van der Waals surface area contributed by atoms with Crippen molar-refractivity contribution in [2.24, 2.45) is 0 Å². The Morgan fingerprint density at radius 2 is 1.86 bits per heavy atom. The van der Waals surface area contributed by atoms with E-state index in [1.165, 1.54) is 12.1 Å². The number of nitrogens with zero attached hydrogens (tertiary/aromatic N) is 1. The molecule has 2 unspecified atom stereocenters. The molecule has 156 valence electrons. The molecule has 0 bridgehead atoms. The minimum Gasteiger partial charge on any atom is -0.338 e. The van der Waals surface area contributed by atoms with Gasteiger partial charge in [0.05, 0.1) is 17.6 Å². The maximum atomic E-state index is 13.4. The second kappa shape index (κ2) is 8.95. The fraction of sp³-hybridized carbons (Fsp3) is 0.316. The van der Waals surface area contributed by atoms with E-state index in [9.17, 15) is 22.0 Å². The van der Waals surface area contributed by atoms with Crippen molar-refractivity contribution in [3.05, 3.63) is 65.7 Å². The third-order valence-corrected chi connectivity index (χ3v) is 6.55. The van der Waals surface area contributed by atoms with Crippen LogP contribution < -0.4 is 16.2 Å². The Labute approximate surface area is 168 Å². The molecule has 1 heterocycles. The number of hydrogen-bond acceptors (Lipinski definition) is 5. The lowest BCUT2D eigenvalue weighted by Crippen LogP contribution is -2.48. The van der Waals surface area contributed by atoms with Crippen LogP contribution in [0.5, 0.6) is 0 Å². The van der Waals surface area contributed by atoms with Crippen molar-refractivity contribution in [3.8, 4) is 0 Å². The molecule has 1 saturated heterocycles. The van der Waals surface area contributed by atoms with Crippen LogP contribution in [0.25, 0.3) is 0 Å². The molecule has 1 amide bonds. The Bertz CT molecular complexity index is 970. The van der Waals surface area contributed by atoms with Crippen LogP contribution >= 0.6 is 0 Å². The van der Waals surface area contributed by atoms with Crippen LogP contribution in [0.2, 0.25) is 0 Å². The van der Waals surface area contributed by atoms with Gasteiger partial charge in [0, 0.05) is 19.0 Å². The number of carbonyl (C=O) groups excluding carboxylic acids is 1. The molecule has 0 aromatic heterocycles. The number of hydrazine groups is 1. The van der Waals surface area contributed by atoms with Gasteiger partial charge in [-0.3, -0.25) is 4.79 Å². The molecule has 1 aliphatic rings. The third kappa shape index (κ3) is 5.15. The molecule has 0 radical (unpaired) electrons. The molecule has 1 aliphatic heterocycles. The van der Waals surface area contributed by atoms with Crippen molar-refractivity contribution < 1.29 is 22.0 Å². The SMILES string of the molecule is CCN(CC(=O)NC1CC(c2cccc(F)c2)NN1)S(=O)(=O)c1ccc(F)cc1. The van der Waals surface area contributed by atoms with Crippen LogP contribution in [-0.2, 0) is 14.8 Å². The first-order valence-electron chi connectivity index (χ1n) is 9.11. The molecule has 0 saturated carbocycles. The van der Waals surface area contributed by atoms with Crippen molar-refractivity contribution in [2.45, 2.75) is 30.4 Å². The van der Waals surface area contributed by atoms with E-state index in [0.717, 1.165) is 34.1 Å². The molecule has 7 nitrogen and oxygen atoms in total. The summed E-state index contributed by atoms with van der Waals surface area (Å²) in [6.45, 7) is 1.32. The van der Waals surface area contributed by atoms with Gasteiger partial charge in [-0.25, -0.2) is 28.1 Å². The Morgan fingerprint density at radius 3 is 2.52 bits per heavy atom. The Kier molecular flexibility index (Phi) is 6.58. The highest BCUT2D eigenvalue weighted by atomic mass is 32.2. The number of carbonyl (C=O) groups is 1. The van der Waals surface area contributed by atoms with E-state index < -0.39 is 27.9 Å². The van der Waals surface area contributed by atoms with Gasteiger partial charge in [-0.2, -0.15) is 4.31 Å². The van der Waals surface area contributed by atoms with Crippen molar-refractivity contribution in [1.29, 1.82) is 0 Å². The number of rotatable bonds is 7. The smallest absolute Gasteiger partial charge is 0.243 e. The third-order valence-electron chi connectivity index (χ3n) is 4.61. The second-order valence-electron chi connectivity index (χ2n) is 6.64. The van der Waals surface area contributed by atoms with E-state index in [1.54, 1.807) is 19.1 Å². The first kappa shape index (κ1) is 21.3. The normalized spacial score (nSPS) is 19.4. The maximum Gasteiger partial charge on any atom is 0.243 e. The van der Waals surface area contributed by atoms with Gasteiger partial charge >= 0.3 is 0 Å². The number of benzene rings is 2. The summed E-state index contributed by atoms with van der Waals surface area (Å²) in [5.74, 6) is -1.38. The van der Waals surface area contributed by atoms with Gasteiger partial charge in [-0.15, -0.1) is 0 Å². The number of amides is 1. The van der Waals surface area contributed by atoms with Gasteiger partial charge in [-0.1, -0.05) is 19.1 Å². The predicted molar refractivity (Wildman–Crippen MR) is 103 cm³/mol. The van der Waals surface area contributed by atoms with Crippen LogP contribution in [0.3, 0.4) is 0 Å². The van der Waals surface area contributed by atoms with E-state index >= 15 is 0 Å². The van der Waals surface area contributed by atoms with Gasteiger partial charge in [-0.05, 0) is 42.0 Å². The number of halogens is 2. The summed E-state index contributed by atoms with van der Waals surface area (Å²) in [7, 11) is -3.93. The molecule has 1 fully saturated rings. The number of hydrogen-bond donors (Lipinski definition) is 3. The van der Waals surface area contributed by atoms with Gasteiger partial charge in [0.1, 0.15) is 11.6 Å². The molecule has 29 heavy (non-hydrogen) atoms. The summed E-state index contributed by atoms with van der Waals surface area (Å²) < 4.78 is 52.8. The first-order chi connectivity index (χ1) is 13.8. The molecule has 10 heteroatoms. The van der Waals surface area contributed by atoms with Crippen molar-refractivity contribution in [2.75, 3.05) is 13.1 Å². The van der Waals surface area contributed by atoms with Crippen LogP contribution in [0.1, 0.15) is 24.9 Å². The lowest BCUT2D eigenvalue weighted by atomic mass is 10.0. The lowest BCUT2D eigenvalue weighted by Gasteiger charge is -2.21. The Balaban J connectivity index is 1.60. The molecule has 0 aliphatic carbocycles. The van der Waals surface area contributed by atoms with E-state index in [-0.39, 0.29) is 29.8 Å². The lowest BCUT2D eigenvalue weighted by molar-refractivity contribution is -0.122. The largest absolute Gasteiger partial charge is 0.338 e. The fourth-order valence-electron chi connectivity index (χ4n) is 3.12. The summed E-state index contributed by atoms with van der Waals surface area (Å²) in [5.41, 5.74) is 6.63. The Morgan fingerprint density at radius 1 is 1.14 bits per heavy atom. The average Bonchev–Trinajstić information content (AvgIpc) is 3.14. The van der Waals surface area contributed by atoms with E-state index in [4.69, 9.17) is 0 Å². The predicted octanol–water partition coefficient (Wildman–Crippen LogP) is 1.66. The van der Waals surface area contributed by atoms with Crippen LogP contribution in [-0.4, -0.2) is 37.9 Å². The monoisotopic (exact) mass is 424 g/mol. The summed E-state index contributed by atoms with van der Waals surface area (Å²) >= 11 is 0. The molecular weight excluding hydrogens is 402 g/mol. The molecule has 2 aromatic carbocycles. The minimum absolute atomic E-state index is 0.0788. The van der Waals surface area contributed by atoms with E-state index in [1.807, 2.05) is 0 Å². The van der Waals surface area contributed by atoms with Crippen LogP contribution in [0, 0.1) is 11.6 Å². The number of sulfonamides is 1. The molecular formula is C19H22F2N4O3S. The first-order valence-corrected chi connectivity index (χ1v) is 10.5. The van der Waals surface area contributed by atoms with Crippen molar-refractivity contribution in [1.82, 2.24) is 20.5 Å². The maximum absolute atomic E-state index is 13.4. The zero-order valence-corrected chi connectivity index (χ0v) is 16.5. The van der Waals surface area contributed by atoms with Crippen molar-refractivity contribution in [3.63, 3.8) is 0 Å². The highest BCUT2D eigenvalue weighted by molar-refractivity contribution is 7.89. The fourth-order valence-corrected chi connectivity index (χ4v) is 4.52. The summed E-state index contributed by atoms with van der Waals surface area (Å²) in [5, 5.41) is 2.72. The Hall–Kier alpha value is -2.40.